The first kappa shape index (κ1) is 12.7. The first-order valence-electron chi connectivity index (χ1n) is 4.76. The number of hydrogen-bond donors (Lipinski definition) is 1. The summed E-state index contributed by atoms with van der Waals surface area (Å²) in [5, 5.41) is 9.81. The van der Waals surface area contributed by atoms with E-state index in [-0.39, 0.29) is 6.61 Å². The molecule has 86 valence electrons. The van der Waals surface area contributed by atoms with E-state index < -0.39 is 17.8 Å². The summed E-state index contributed by atoms with van der Waals surface area (Å²) in [7, 11) is 0. The third-order valence-electron chi connectivity index (χ3n) is 1.98. The van der Waals surface area contributed by atoms with Crippen LogP contribution in [0.25, 0.3) is 5.53 Å². The summed E-state index contributed by atoms with van der Waals surface area (Å²) >= 11 is 0. The summed E-state index contributed by atoms with van der Waals surface area (Å²) in [6, 6.07) is 8.29. The molecule has 0 radical (unpaired) electrons. The van der Waals surface area contributed by atoms with Crippen LogP contribution in [0.1, 0.15) is 11.7 Å². The molecule has 1 rings (SSSR count). The molecule has 0 aliphatic carbocycles. The molecule has 5 nitrogen and oxygen atoms in total. The van der Waals surface area contributed by atoms with Crippen molar-refractivity contribution in [2.24, 2.45) is 0 Å². The minimum Gasteiger partial charge on any atom is -0.444 e. The molecule has 1 aromatic carbocycles. The van der Waals surface area contributed by atoms with Gasteiger partial charge in [-0.05, 0) is 5.56 Å². The minimum absolute atomic E-state index is 0.251. The third-order valence-corrected chi connectivity index (χ3v) is 1.98. The number of carbonyl (C=O) groups excluding carboxylic acids is 1. The first-order chi connectivity index (χ1) is 8.20. The van der Waals surface area contributed by atoms with E-state index >= 15 is 0 Å². The van der Waals surface area contributed by atoms with Gasteiger partial charge >= 0.3 is 11.7 Å². The second kappa shape index (κ2) is 6.23. The Morgan fingerprint density at radius 2 is 2.18 bits per heavy atom. The number of esters is 1. The second-order valence-electron chi connectivity index (χ2n) is 3.08. The van der Waals surface area contributed by atoms with Crippen molar-refractivity contribution in [3.63, 3.8) is 0 Å². The summed E-state index contributed by atoms with van der Waals surface area (Å²) in [5.41, 5.74) is 8.61. The van der Waals surface area contributed by atoms with E-state index in [4.69, 9.17) is 12.0 Å². The largest absolute Gasteiger partial charge is 0.444 e. The van der Waals surface area contributed by atoms with Gasteiger partial charge in [-0.25, -0.2) is 4.79 Å². The van der Waals surface area contributed by atoms with Crippen molar-refractivity contribution in [1.29, 1.82) is 0 Å². The number of carbonyl (C=O) groups is 1. The molecule has 1 aromatic rings. The Morgan fingerprint density at radius 1 is 1.53 bits per heavy atom. The highest BCUT2D eigenvalue weighted by atomic mass is 16.5. The van der Waals surface area contributed by atoms with Crippen LogP contribution in [0.4, 0.5) is 0 Å². The van der Waals surface area contributed by atoms with Crippen LogP contribution in [0.3, 0.4) is 0 Å². The van der Waals surface area contributed by atoms with Crippen LogP contribution in [0.2, 0.25) is 0 Å². The molecule has 0 fully saturated rings. The molecule has 0 amide bonds. The van der Waals surface area contributed by atoms with E-state index in [0.29, 0.717) is 5.56 Å². The number of aliphatic hydroxyl groups is 1. The van der Waals surface area contributed by atoms with Gasteiger partial charge in [0.15, 0.2) is 12.7 Å². The van der Waals surface area contributed by atoms with Crippen molar-refractivity contribution < 1.29 is 19.4 Å². The fourth-order valence-corrected chi connectivity index (χ4v) is 1.18. The molecule has 0 aromatic heterocycles. The predicted molar refractivity (Wildman–Crippen MR) is 59.8 cm³/mol. The average molecular weight is 230 g/mol. The van der Waals surface area contributed by atoms with Crippen LogP contribution in [0.5, 0.6) is 0 Å². The molecule has 1 unspecified atom stereocenters. The molecule has 0 aliphatic rings. The summed E-state index contributed by atoms with van der Waals surface area (Å²) in [6.45, 7) is -0.251. The summed E-state index contributed by atoms with van der Waals surface area (Å²) in [6.07, 6.45) is 3.56. The van der Waals surface area contributed by atoms with Gasteiger partial charge in [0.1, 0.15) is 0 Å². The van der Waals surface area contributed by atoms with Crippen molar-refractivity contribution in [1.82, 2.24) is 0 Å². The van der Waals surface area contributed by atoms with Gasteiger partial charge in [-0.3, -0.25) is 0 Å². The molecular weight excluding hydrogens is 220 g/mol. The molecule has 0 bridgehead atoms. The predicted octanol–water partition coefficient (Wildman–Crippen LogP) is 0.567. The number of nitrogens with zero attached hydrogens (tertiary/aromatic N) is 2. The number of benzene rings is 1. The Kier molecular flexibility index (Phi) is 4.64. The summed E-state index contributed by atoms with van der Waals surface area (Å²) in [5.74, 6) is 1.14. The number of terminal acetylenes is 1. The number of rotatable bonds is 4. The molecule has 1 atom stereocenters. The average Bonchev–Trinajstić information content (AvgIpc) is 2.38. The monoisotopic (exact) mass is 230 g/mol. The van der Waals surface area contributed by atoms with Crippen molar-refractivity contribution in [3.8, 4) is 12.3 Å². The zero-order valence-corrected chi connectivity index (χ0v) is 8.91. The highest BCUT2D eigenvalue weighted by Crippen LogP contribution is 2.13. The highest BCUT2D eigenvalue weighted by Gasteiger charge is 2.32. The number of aliphatic hydroxyl groups excluding tert-OH is 1. The first-order valence-corrected chi connectivity index (χ1v) is 4.76. The SMILES string of the molecule is C#CCOC(=O)C(=[N+]=[N-])C(O)c1ccccc1. The Morgan fingerprint density at radius 3 is 2.71 bits per heavy atom. The van der Waals surface area contributed by atoms with Gasteiger partial charge in [-0.2, -0.15) is 4.79 Å². The zero-order valence-electron chi connectivity index (χ0n) is 8.91. The second-order valence-corrected chi connectivity index (χ2v) is 3.08. The Labute approximate surface area is 98.3 Å². The van der Waals surface area contributed by atoms with Gasteiger partial charge in [-0.1, -0.05) is 36.3 Å². The molecule has 0 saturated heterocycles. The number of ether oxygens (including phenoxy) is 1. The highest BCUT2D eigenvalue weighted by molar-refractivity contribution is 6.35. The quantitative estimate of drug-likeness (QED) is 0.270. The van der Waals surface area contributed by atoms with E-state index in [1.807, 2.05) is 0 Å². The van der Waals surface area contributed by atoms with Crippen LogP contribution < -0.4 is 0 Å². The Balaban J connectivity index is 2.87. The molecule has 0 heterocycles. The maximum Gasteiger partial charge on any atom is 0.421 e. The van der Waals surface area contributed by atoms with Gasteiger partial charge in [0.25, 0.3) is 0 Å². The van der Waals surface area contributed by atoms with Gasteiger partial charge in [-0.15, -0.1) is 6.42 Å². The van der Waals surface area contributed by atoms with Crippen LogP contribution in [-0.2, 0) is 9.53 Å². The van der Waals surface area contributed by atoms with Crippen molar-refractivity contribution >= 4 is 11.7 Å². The molecule has 0 spiro atoms. The van der Waals surface area contributed by atoms with Gasteiger partial charge in [0, 0.05) is 0 Å². The van der Waals surface area contributed by atoms with Crippen LogP contribution in [-0.4, -0.2) is 28.2 Å². The molecular formula is C12H10N2O3. The lowest BCUT2D eigenvalue weighted by Gasteiger charge is -2.05. The van der Waals surface area contributed by atoms with E-state index in [0.717, 1.165) is 0 Å². The minimum atomic E-state index is -1.36. The lowest BCUT2D eigenvalue weighted by molar-refractivity contribution is -0.140. The van der Waals surface area contributed by atoms with Gasteiger partial charge in [0.2, 0.25) is 0 Å². The molecule has 1 N–H and O–H groups in total. The lowest BCUT2D eigenvalue weighted by atomic mass is 10.1. The fraction of sp³-hybridized carbons (Fsp3) is 0.167. The normalized spacial score (nSPS) is 10.8. The van der Waals surface area contributed by atoms with Crippen LogP contribution in [0.15, 0.2) is 30.3 Å². The molecule has 0 saturated carbocycles. The smallest absolute Gasteiger partial charge is 0.421 e. The maximum atomic E-state index is 11.4. The Bertz CT molecular complexity index is 484. The summed E-state index contributed by atoms with van der Waals surface area (Å²) in [4.78, 5) is 14.1. The third kappa shape index (κ3) is 3.28. The molecule has 17 heavy (non-hydrogen) atoms. The van der Waals surface area contributed by atoms with E-state index in [9.17, 15) is 9.90 Å². The van der Waals surface area contributed by atoms with Crippen molar-refractivity contribution in [3.05, 3.63) is 41.4 Å². The number of hydrogen-bond acceptors (Lipinski definition) is 3. The van der Waals surface area contributed by atoms with Gasteiger partial charge in [0.05, 0.1) is 0 Å². The lowest BCUT2D eigenvalue weighted by Crippen LogP contribution is -2.25. The van der Waals surface area contributed by atoms with Crippen molar-refractivity contribution in [2.75, 3.05) is 6.61 Å². The van der Waals surface area contributed by atoms with Crippen LogP contribution in [0, 0.1) is 12.3 Å². The molecule has 0 aliphatic heterocycles. The Hall–Kier alpha value is -2.41. The maximum absolute atomic E-state index is 11.4. The van der Waals surface area contributed by atoms with E-state index in [1.165, 1.54) is 0 Å². The van der Waals surface area contributed by atoms with E-state index in [2.05, 4.69) is 15.4 Å². The van der Waals surface area contributed by atoms with E-state index in [1.54, 1.807) is 30.3 Å². The summed E-state index contributed by atoms with van der Waals surface area (Å²) < 4.78 is 4.56. The zero-order chi connectivity index (χ0) is 12.7. The van der Waals surface area contributed by atoms with Crippen molar-refractivity contribution in [2.45, 2.75) is 6.10 Å². The molecule has 5 heteroatoms. The van der Waals surface area contributed by atoms with Gasteiger partial charge < -0.3 is 15.4 Å². The van der Waals surface area contributed by atoms with Crippen LogP contribution >= 0.6 is 0 Å². The fourth-order valence-electron chi connectivity index (χ4n) is 1.18. The topological polar surface area (TPSA) is 82.9 Å². The standard InChI is InChI=1S/C12H10N2O3/c1-2-8-17-12(16)10(14-13)11(15)9-6-4-3-5-7-9/h1,3-7,11,15H,8H2.